The van der Waals surface area contributed by atoms with Crippen LogP contribution in [0, 0.1) is 0 Å². The van der Waals surface area contributed by atoms with Gasteiger partial charge in [0.05, 0.1) is 45.8 Å². The number of ketones is 1. The second-order valence-electron chi connectivity index (χ2n) is 8.92. The van der Waals surface area contributed by atoms with E-state index in [4.69, 9.17) is 23.4 Å². The number of nitrogens with zero attached hydrogens (tertiary/aromatic N) is 1. The average molecular weight is 506 g/mol. The Morgan fingerprint density at radius 1 is 1.05 bits per heavy atom. The molecule has 2 aliphatic rings. The van der Waals surface area contributed by atoms with Gasteiger partial charge in [-0.2, -0.15) is 0 Å². The van der Waals surface area contributed by atoms with Crippen LogP contribution in [0.15, 0.2) is 58.7 Å². The number of carbonyl (C=O) groups excluding carboxylic acids is 2. The maximum Gasteiger partial charge on any atom is 0.296 e. The van der Waals surface area contributed by atoms with Crippen molar-refractivity contribution in [3.05, 3.63) is 76.8 Å². The zero-order chi connectivity index (χ0) is 26.3. The molecular formula is C28H27NO8. The van der Waals surface area contributed by atoms with Gasteiger partial charge in [0.1, 0.15) is 23.4 Å². The highest BCUT2D eigenvalue weighted by Gasteiger charge is 2.47. The summed E-state index contributed by atoms with van der Waals surface area (Å²) in [6.45, 7) is 1.98. The topological polar surface area (TPSA) is 108 Å². The van der Waals surface area contributed by atoms with Gasteiger partial charge in [-0.05, 0) is 60.5 Å². The van der Waals surface area contributed by atoms with Gasteiger partial charge in [0.25, 0.3) is 11.7 Å². The maximum atomic E-state index is 13.4. The molecule has 1 N–H and O–H groups in total. The van der Waals surface area contributed by atoms with E-state index in [1.54, 1.807) is 42.5 Å². The first-order valence-electron chi connectivity index (χ1n) is 11.8. The summed E-state index contributed by atoms with van der Waals surface area (Å²) in [4.78, 5) is 28.1. The van der Waals surface area contributed by atoms with Crippen LogP contribution in [0.2, 0.25) is 0 Å². The first-order chi connectivity index (χ1) is 17.9. The van der Waals surface area contributed by atoms with E-state index in [-0.39, 0.29) is 24.0 Å². The fourth-order valence-corrected chi connectivity index (χ4v) is 4.94. The lowest BCUT2D eigenvalue weighted by Gasteiger charge is -2.26. The molecule has 9 nitrogen and oxygen atoms in total. The zero-order valence-corrected chi connectivity index (χ0v) is 20.9. The molecule has 2 aliphatic heterocycles. The number of amides is 1. The quantitative estimate of drug-likeness (QED) is 0.289. The average Bonchev–Trinajstić information content (AvgIpc) is 3.61. The summed E-state index contributed by atoms with van der Waals surface area (Å²) in [5.74, 6) is 0.466. The number of aliphatic hydroxyl groups excluding tert-OH is 1. The molecule has 9 heteroatoms. The Hall–Kier alpha value is -4.40. The number of benzene rings is 2. The number of likely N-dealkylation sites (tertiary alicyclic amines) is 1. The Labute approximate surface area is 213 Å². The van der Waals surface area contributed by atoms with Gasteiger partial charge in [-0.1, -0.05) is 0 Å². The summed E-state index contributed by atoms with van der Waals surface area (Å²) in [7, 11) is 4.45. The Bertz CT molecular complexity index is 1370. The highest BCUT2D eigenvalue weighted by Crippen LogP contribution is 2.46. The number of carbonyl (C=O) groups is 2. The fourth-order valence-electron chi connectivity index (χ4n) is 4.94. The number of ether oxygens (including phenoxy) is 4. The third-order valence-electron chi connectivity index (χ3n) is 6.62. The third kappa shape index (κ3) is 4.16. The minimum atomic E-state index is -0.942. The molecule has 0 radical (unpaired) electrons. The van der Waals surface area contributed by atoms with E-state index >= 15 is 0 Å². The summed E-state index contributed by atoms with van der Waals surface area (Å²) in [5.41, 5.74) is 1.80. The van der Waals surface area contributed by atoms with E-state index in [1.807, 2.05) is 6.92 Å². The van der Waals surface area contributed by atoms with Crippen molar-refractivity contribution < 1.29 is 38.1 Å². The Kier molecular flexibility index (Phi) is 6.29. The molecule has 1 amide bonds. The predicted molar refractivity (Wildman–Crippen MR) is 133 cm³/mol. The van der Waals surface area contributed by atoms with Gasteiger partial charge in [0, 0.05) is 12.0 Å². The SMILES string of the molecule is COc1cc(C2/C(=C(\O)c3ccc4c(c3)CC(C)O4)C(=O)C(=O)N2Cc2ccco2)cc(OC)c1OC. The molecule has 0 spiro atoms. The van der Waals surface area contributed by atoms with Crippen molar-refractivity contribution in [2.75, 3.05) is 21.3 Å². The minimum absolute atomic E-state index is 0.0190. The highest BCUT2D eigenvalue weighted by molar-refractivity contribution is 6.46. The lowest BCUT2D eigenvalue weighted by Crippen LogP contribution is -2.29. The second kappa shape index (κ2) is 9.57. The van der Waals surface area contributed by atoms with E-state index < -0.39 is 17.7 Å². The van der Waals surface area contributed by atoms with E-state index in [1.165, 1.54) is 32.5 Å². The standard InChI is InChI=1S/C28H27NO8/c1-15-10-17-11-16(7-8-20(17)37-15)25(30)23-24(18-12-21(33-2)27(35-4)22(13-18)34-3)29(28(32)26(23)31)14-19-6-5-9-36-19/h5-9,11-13,15,24,30H,10,14H2,1-4H3/b25-23+. The lowest BCUT2D eigenvalue weighted by molar-refractivity contribution is -0.140. The lowest BCUT2D eigenvalue weighted by atomic mass is 9.94. The summed E-state index contributed by atoms with van der Waals surface area (Å²) < 4.78 is 27.7. The Balaban J connectivity index is 1.69. The monoisotopic (exact) mass is 505 g/mol. The van der Waals surface area contributed by atoms with Crippen molar-refractivity contribution in [2.24, 2.45) is 0 Å². The van der Waals surface area contributed by atoms with Gasteiger partial charge in [-0.15, -0.1) is 0 Å². The van der Waals surface area contributed by atoms with Crippen molar-refractivity contribution in [1.29, 1.82) is 0 Å². The molecule has 2 unspecified atom stereocenters. The van der Waals surface area contributed by atoms with Crippen molar-refractivity contribution in [2.45, 2.75) is 32.0 Å². The summed E-state index contributed by atoms with van der Waals surface area (Å²) in [6.07, 6.45) is 2.19. The molecule has 5 rings (SSSR count). The van der Waals surface area contributed by atoms with Crippen LogP contribution in [0.1, 0.15) is 35.4 Å². The van der Waals surface area contributed by atoms with E-state index in [0.717, 1.165) is 11.3 Å². The van der Waals surface area contributed by atoms with Crippen LogP contribution in [-0.4, -0.2) is 49.1 Å². The molecule has 1 aromatic heterocycles. The normalized spacial score (nSPS) is 20.1. The molecule has 1 saturated heterocycles. The van der Waals surface area contributed by atoms with E-state index in [0.29, 0.717) is 40.6 Å². The van der Waals surface area contributed by atoms with Crippen molar-refractivity contribution in [3.8, 4) is 23.0 Å². The van der Waals surface area contributed by atoms with Crippen molar-refractivity contribution in [1.82, 2.24) is 4.90 Å². The van der Waals surface area contributed by atoms with Crippen LogP contribution in [0.25, 0.3) is 5.76 Å². The number of aliphatic hydroxyl groups is 1. The predicted octanol–water partition coefficient (Wildman–Crippen LogP) is 4.25. The molecule has 3 heterocycles. The van der Waals surface area contributed by atoms with Crippen LogP contribution in [-0.2, 0) is 22.6 Å². The summed E-state index contributed by atoms with van der Waals surface area (Å²) in [5, 5.41) is 11.5. The Morgan fingerprint density at radius 3 is 2.41 bits per heavy atom. The Morgan fingerprint density at radius 2 is 1.78 bits per heavy atom. The molecular weight excluding hydrogens is 478 g/mol. The summed E-state index contributed by atoms with van der Waals surface area (Å²) in [6, 6.07) is 11.0. The third-order valence-corrected chi connectivity index (χ3v) is 6.62. The first kappa shape index (κ1) is 24.3. The highest BCUT2D eigenvalue weighted by atomic mass is 16.5. The molecule has 1 fully saturated rings. The molecule has 3 aromatic rings. The van der Waals surface area contributed by atoms with Gasteiger partial charge in [-0.3, -0.25) is 9.59 Å². The van der Waals surface area contributed by atoms with Crippen LogP contribution < -0.4 is 18.9 Å². The van der Waals surface area contributed by atoms with Gasteiger partial charge < -0.3 is 33.4 Å². The number of fused-ring (bicyclic) bond motifs is 1. The van der Waals surface area contributed by atoms with Crippen molar-refractivity contribution in [3.63, 3.8) is 0 Å². The van der Waals surface area contributed by atoms with E-state index in [9.17, 15) is 14.7 Å². The van der Waals surface area contributed by atoms with E-state index in [2.05, 4.69) is 0 Å². The fraction of sp³-hybridized carbons (Fsp3) is 0.286. The molecule has 2 atom stereocenters. The molecule has 192 valence electrons. The summed E-state index contributed by atoms with van der Waals surface area (Å²) >= 11 is 0. The number of hydrogen-bond acceptors (Lipinski definition) is 8. The number of Topliss-reactive ketones (excluding diaryl/α,β-unsaturated/α-hetero) is 1. The molecule has 0 aliphatic carbocycles. The number of rotatable bonds is 7. The largest absolute Gasteiger partial charge is 0.507 e. The first-order valence-corrected chi connectivity index (χ1v) is 11.8. The number of hydrogen-bond donors (Lipinski definition) is 1. The van der Waals surface area contributed by atoms with Crippen LogP contribution in [0.3, 0.4) is 0 Å². The van der Waals surface area contributed by atoms with Crippen molar-refractivity contribution >= 4 is 17.4 Å². The van der Waals surface area contributed by atoms with Crippen LogP contribution >= 0.6 is 0 Å². The van der Waals surface area contributed by atoms with Crippen LogP contribution in [0.5, 0.6) is 23.0 Å². The smallest absolute Gasteiger partial charge is 0.296 e. The number of methoxy groups -OCH3 is 3. The zero-order valence-electron chi connectivity index (χ0n) is 20.9. The number of furan rings is 1. The van der Waals surface area contributed by atoms with Gasteiger partial charge in [0.15, 0.2) is 11.5 Å². The van der Waals surface area contributed by atoms with Gasteiger partial charge in [-0.25, -0.2) is 0 Å². The molecule has 0 saturated carbocycles. The molecule has 37 heavy (non-hydrogen) atoms. The maximum absolute atomic E-state index is 13.4. The van der Waals surface area contributed by atoms with Crippen LogP contribution in [0.4, 0.5) is 0 Å². The molecule has 2 aromatic carbocycles. The molecule has 0 bridgehead atoms. The van der Waals surface area contributed by atoms with Gasteiger partial charge >= 0.3 is 0 Å². The van der Waals surface area contributed by atoms with Gasteiger partial charge in [0.2, 0.25) is 5.75 Å². The second-order valence-corrected chi connectivity index (χ2v) is 8.92. The minimum Gasteiger partial charge on any atom is -0.507 e.